The van der Waals surface area contributed by atoms with Crippen LogP contribution in [0.3, 0.4) is 0 Å². The molecule has 0 saturated heterocycles. The van der Waals surface area contributed by atoms with E-state index < -0.39 is 50.8 Å². The molecule has 3 rings (SSSR count). The molecular weight excluding hydrogens is 558 g/mol. The number of hydrogen-bond donors (Lipinski definition) is 3. The lowest BCUT2D eigenvalue weighted by atomic mass is 10.1. The summed E-state index contributed by atoms with van der Waals surface area (Å²) in [5.41, 5.74) is -1.35. The highest BCUT2D eigenvalue weighted by molar-refractivity contribution is 7.92. The number of benzene rings is 3. The molecule has 0 spiro atoms. The summed E-state index contributed by atoms with van der Waals surface area (Å²) >= 11 is 0. The number of nitrogens with one attached hydrogen (secondary N) is 2. The van der Waals surface area contributed by atoms with Crippen LogP contribution in [0, 0.1) is 0 Å². The number of hydrogen-bond acceptors (Lipinski definition) is 6. The Labute approximate surface area is 218 Å². The van der Waals surface area contributed by atoms with Crippen molar-refractivity contribution in [3.63, 3.8) is 0 Å². The van der Waals surface area contributed by atoms with Crippen LogP contribution in [-0.2, 0) is 21.0 Å². The third-order valence-corrected chi connectivity index (χ3v) is 6.34. The van der Waals surface area contributed by atoms with E-state index in [0.29, 0.717) is 12.1 Å². The summed E-state index contributed by atoms with van der Waals surface area (Å²) in [5.74, 6) is -1.92. The summed E-state index contributed by atoms with van der Waals surface area (Å²) in [6, 6.07) is 10.7. The average molecular weight is 578 g/mol. The molecule has 0 bridgehead atoms. The van der Waals surface area contributed by atoms with Crippen molar-refractivity contribution in [2.75, 3.05) is 16.6 Å². The average Bonchev–Trinajstić information content (AvgIpc) is 2.82. The van der Waals surface area contributed by atoms with E-state index in [9.17, 15) is 44.7 Å². The molecule has 1 unspecified atom stereocenters. The zero-order valence-electron chi connectivity index (χ0n) is 19.8. The van der Waals surface area contributed by atoms with Crippen LogP contribution in [0.4, 0.5) is 37.7 Å². The molecule has 0 radical (unpaired) electrons. The van der Waals surface area contributed by atoms with Crippen LogP contribution in [0.2, 0.25) is 0 Å². The van der Waals surface area contributed by atoms with Crippen LogP contribution in [0.15, 0.2) is 71.6 Å². The number of carbonyl (C=O) groups excluding carboxylic acids is 1. The first-order chi connectivity index (χ1) is 18.1. The zero-order chi connectivity index (χ0) is 29.0. The number of alkyl halides is 6. The van der Waals surface area contributed by atoms with Gasteiger partial charge in [-0.25, -0.2) is 8.42 Å². The van der Waals surface area contributed by atoms with E-state index in [0.717, 1.165) is 48.5 Å². The number of aliphatic hydroxyl groups is 1. The van der Waals surface area contributed by atoms with E-state index in [1.54, 1.807) is 6.92 Å². The topological polar surface area (TPSA) is 114 Å². The third-order valence-electron chi connectivity index (χ3n) is 4.92. The summed E-state index contributed by atoms with van der Waals surface area (Å²) in [7, 11) is -4.41. The molecule has 0 aliphatic heterocycles. The van der Waals surface area contributed by atoms with Crippen molar-refractivity contribution in [1.29, 1.82) is 0 Å². The highest BCUT2D eigenvalue weighted by atomic mass is 32.2. The van der Waals surface area contributed by atoms with Crippen LogP contribution in [0.25, 0.3) is 0 Å². The molecule has 1 atom stereocenters. The Hall–Kier alpha value is -3.98. The minimum atomic E-state index is -4.99. The molecule has 39 heavy (non-hydrogen) atoms. The first kappa shape index (κ1) is 29.6. The van der Waals surface area contributed by atoms with Gasteiger partial charge in [0.05, 0.1) is 17.9 Å². The summed E-state index contributed by atoms with van der Waals surface area (Å²) in [5, 5.41) is 12.6. The fourth-order valence-electron chi connectivity index (χ4n) is 3.26. The number of ether oxygens (including phenoxy) is 2. The maximum Gasteiger partial charge on any atom is 0.573 e. The maximum absolute atomic E-state index is 13.0. The Morgan fingerprint density at radius 2 is 1.62 bits per heavy atom. The minimum absolute atomic E-state index is 0.0109. The van der Waals surface area contributed by atoms with Gasteiger partial charge in [-0.1, -0.05) is 18.2 Å². The van der Waals surface area contributed by atoms with Crippen molar-refractivity contribution in [1.82, 2.24) is 0 Å². The monoisotopic (exact) mass is 578 g/mol. The van der Waals surface area contributed by atoms with Gasteiger partial charge in [-0.05, 0) is 48.9 Å². The van der Waals surface area contributed by atoms with Gasteiger partial charge in [0.2, 0.25) is 0 Å². The Morgan fingerprint density at radius 1 is 0.949 bits per heavy atom. The standard InChI is InChI=1S/C24H20F6N2O6S/c1-2-37-19-13-16(31-22(34)21(33)14-6-8-15(9-7-14)23(25,26)27)10-11-20(19)39(35,36)32-17-4-3-5-18(12-17)38-24(28,29)30/h3-13,21,32-33H,2H2,1H3,(H,31,34). The van der Waals surface area contributed by atoms with Crippen LogP contribution < -0.4 is 19.5 Å². The summed E-state index contributed by atoms with van der Waals surface area (Å²) in [6.45, 7) is 1.53. The molecule has 3 N–H and O–H groups in total. The van der Waals surface area contributed by atoms with E-state index in [1.807, 2.05) is 0 Å². The van der Waals surface area contributed by atoms with Crippen LogP contribution >= 0.6 is 0 Å². The molecule has 1 amide bonds. The van der Waals surface area contributed by atoms with Crippen LogP contribution in [-0.4, -0.2) is 32.4 Å². The molecule has 15 heteroatoms. The van der Waals surface area contributed by atoms with E-state index in [2.05, 4.69) is 14.8 Å². The van der Waals surface area contributed by atoms with Gasteiger partial charge in [0.25, 0.3) is 15.9 Å². The SMILES string of the molecule is CCOc1cc(NC(=O)C(O)c2ccc(C(F)(F)F)cc2)ccc1S(=O)(=O)Nc1cccc(OC(F)(F)F)c1. The number of aliphatic hydroxyl groups excluding tert-OH is 1. The first-order valence-electron chi connectivity index (χ1n) is 10.9. The predicted molar refractivity (Wildman–Crippen MR) is 127 cm³/mol. The first-order valence-corrected chi connectivity index (χ1v) is 12.4. The van der Waals surface area contributed by atoms with Gasteiger partial charge in [-0.3, -0.25) is 9.52 Å². The molecule has 210 valence electrons. The Kier molecular flexibility index (Phi) is 8.65. The second kappa shape index (κ2) is 11.4. The number of sulfonamides is 1. The van der Waals surface area contributed by atoms with Crippen molar-refractivity contribution in [2.45, 2.75) is 30.5 Å². The van der Waals surface area contributed by atoms with Crippen LogP contribution in [0.5, 0.6) is 11.5 Å². The lowest BCUT2D eigenvalue weighted by molar-refractivity contribution is -0.274. The molecule has 0 fully saturated rings. The molecule has 3 aromatic rings. The molecule has 0 heterocycles. The highest BCUT2D eigenvalue weighted by Gasteiger charge is 2.32. The van der Waals surface area contributed by atoms with Gasteiger partial charge in [0, 0.05) is 17.8 Å². The fourth-order valence-corrected chi connectivity index (χ4v) is 4.44. The van der Waals surface area contributed by atoms with E-state index >= 15 is 0 Å². The number of anilines is 2. The summed E-state index contributed by atoms with van der Waals surface area (Å²) in [6.07, 6.45) is -11.4. The minimum Gasteiger partial charge on any atom is -0.492 e. The quantitative estimate of drug-likeness (QED) is 0.290. The van der Waals surface area contributed by atoms with Crippen molar-refractivity contribution >= 4 is 27.3 Å². The molecule has 3 aromatic carbocycles. The highest BCUT2D eigenvalue weighted by Crippen LogP contribution is 2.32. The van der Waals surface area contributed by atoms with Gasteiger partial charge >= 0.3 is 12.5 Å². The molecule has 0 aliphatic rings. The van der Waals surface area contributed by atoms with Gasteiger partial charge in [-0.2, -0.15) is 13.2 Å². The van der Waals surface area contributed by atoms with E-state index in [1.165, 1.54) is 6.07 Å². The zero-order valence-corrected chi connectivity index (χ0v) is 20.6. The fraction of sp³-hybridized carbons (Fsp3) is 0.208. The number of halogens is 6. The van der Waals surface area contributed by atoms with E-state index in [4.69, 9.17) is 4.74 Å². The predicted octanol–water partition coefficient (Wildman–Crippen LogP) is 5.48. The Bertz CT molecular complexity index is 1430. The largest absolute Gasteiger partial charge is 0.573 e. The molecule has 0 aliphatic carbocycles. The van der Waals surface area contributed by atoms with Crippen molar-refractivity contribution in [3.05, 3.63) is 77.9 Å². The van der Waals surface area contributed by atoms with Crippen molar-refractivity contribution < 1.29 is 54.1 Å². The lowest BCUT2D eigenvalue weighted by Crippen LogP contribution is -2.21. The molecular formula is C24H20F6N2O6S. The van der Waals surface area contributed by atoms with Crippen molar-refractivity contribution in [2.24, 2.45) is 0 Å². The van der Waals surface area contributed by atoms with Crippen molar-refractivity contribution in [3.8, 4) is 11.5 Å². The second-order valence-electron chi connectivity index (χ2n) is 7.79. The molecule has 8 nitrogen and oxygen atoms in total. The third kappa shape index (κ3) is 8.00. The number of carbonyl (C=O) groups is 1. The lowest BCUT2D eigenvalue weighted by Gasteiger charge is -2.16. The van der Waals surface area contributed by atoms with Gasteiger partial charge in [0.15, 0.2) is 6.10 Å². The molecule has 0 saturated carbocycles. The molecule has 0 aromatic heterocycles. The second-order valence-corrected chi connectivity index (χ2v) is 9.44. The van der Waals surface area contributed by atoms with Gasteiger partial charge < -0.3 is 19.9 Å². The Balaban J connectivity index is 1.80. The Morgan fingerprint density at radius 3 is 2.21 bits per heavy atom. The van der Waals surface area contributed by atoms with Gasteiger partial charge in [-0.15, -0.1) is 13.2 Å². The maximum atomic E-state index is 13.0. The smallest absolute Gasteiger partial charge is 0.492 e. The number of amides is 1. The summed E-state index contributed by atoms with van der Waals surface area (Å²) in [4.78, 5) is 12.0. The van der Waals surface area contributed by atoms with E-state index in [-0.39, 0.29) is 29.3 Å². The van der Waals surface area contributed by atoms with Crippen LogP contribution in [0.1, 0.15) is 24.2 Å². The number of rotatable bonds is 9. The summed E-state index contributed by atoms with van der Waals surface area (Å²) < 4.78 is 113. The van der Waals surface area contributed by atoms with Gasteiger partial charge in [0.1, 0.15) is 16.4 Å². The normalized spacial score (nSPS) is 12.9.